The lowest BCUT2D eigenvalue weighted by molar-refractivity contribution is 0.0293. The lowest BCUT2D eigenvalue weighted by Crippen LogP contribution is -2.36. The lowest BCUT2D eigenvalue weighted by Gasteiger charge is -2.24. The third-order valence-electron chi connectivity index (χ3n) is 3.11. The van der Waals surface area contributed by atoms with Gasteiger partial charge in [0.2, 0.25) is 0 Å². The molecule has 1 aromatic heterocycles. The number of carbonyl (C=O) groups is 1. The van der Waals surface area contributed by atoms with Crippen molar-refractivity contribution in [2.24, 2.45) is 0 Å². The Labute approximate surface area is 120 Å². The number of hydrogen-bond acceptors (Lipinski definition) is 4. The van der Waals surface area contributed by atoms with Crippen molar-refractivity contribution in [3.05, 3.63) is 23.9 Å². The van der Waals surface area contributed by atoms with Crippen LogP contribution in [0.25, 0.3) is 0 Å². The van der Waals surface area contributed by atoms with E-state index in [1.165, 1.54) is 5.56 Å². The van der Waals surface area contributed by atoms with Crippen LogP contribution in [0.1, 0.15) is 32.8 Å². The maximum atomic E-state index is 12.0. The van der Waals surface area contributed by atoms with Gasteiger partial charge >= 0.3 is 6.09 Å². The number of anilines is 1. The largest absolute Gasteiger partial charge is 0.444 e. The molecule has 5 heteroatoms. The molecule has 0 aliphatic carbocycles. The Morgan fingerprint density at radius 1 is 1.50 bits per heavy atom. The number of ether oxygens (including phenoxy) is 1. The molecular formula is C15H23N3O2. The molecule has 1 aliphatic rings. The minimum Gasteiger partial charge on any atom is -0.444 e. The molecule has 0 spiro atoms. The van der Waals surface area contributed by atoms with Crippen molar-refractivity contribution >= 4 is 11.9 Å². The summed E-state index contributed by atoms with van der Waals surface area (Å²) in [5.41, 5.74) is 0.727. The highest BCUT2D eigenvalue weighted by atomic mass is 16.6. The third kappa shape index (κ3) is 4.11. The van der Waals surface area contributed by atoms with Crippen LogP contribution in [0.3, 0.4) is 0 Å². The second-order valence-corrected chi connectivity index (χ2v) is 6.27. The summed E-state index contributed by atoms with van der Waals surface area (Å²) >= 11 is 0. The molecule has 1 saturated heterocycles. The zero-order valence-electron chi connectivity index (χ0n) is 12.6. The lowest BCUT2D eigenvalue weighted by atomic mass is 10.2. The highest BCUT2D eigenvalue weighted by Gasteiger charge is 2.29. The molecule has 5 nitrogen and oxygen atoms in total. The SMILES string of the molecule is Cc1ccnc(N[C@@H]2CCN(C(=O)OC(C)(C)C)C2)c1. The minimum atomic E-state index is -0.444. The van der Waals surface area contributed by atoms with Gasteiger partial charge in [-0.1, -0.05) is 0 Å². The van der Waals surface area contributed by atoms with E-state index in [4.69, 9.17) is 4.74 Å². The summed E-state index contributed by atoms with van der Waals surface area (Å²) in [5.74, 6) is 0.862. The first-order valence-electron chi connectivity index (χ1n) is 7.00. The van der Waals surface area contributed by atoms with Crippen molar-refractivity contribution in [1.82, 2.24) is 9.88 Å². The van der Waals surface area contributed by atoms with Crippen LogP contribution in [-0.2, 0) is 4.74 Å². The topological polar surface area (TPSA) is 54.5 Å². The number of nitrogens with one attached hydrogen (secondary N) is 1. The van der Waals surface area contributed by atoms with Crippen LogP contribution in [0.2, 0.25) is 0 Å². The van der Waals surface area contributed by atoms with E-state index in [1.54, 1.807) is 11.1 Å². The van der Waals surface area contributed by atoms with Gasteiger partial charge in [0.25, 0.3) is 0 Å². The Morgan fingerprint density at radius 3 is 2.90 bits per heavy atom. The first-order chi connectivity index (χ1) is 9.33. The second-order valence-electron chi connectivity index (χ2n) is 6.27. The van der Waals surface area contributed by atoms with E-state index < -0.39 is 5.60 Å². The number of hydrogen-bond donors (Lipinski definition) is 1. The molecule has 20 heavy (non-hydrogen) atoms. The molecule has 1 N–H and O–H groups in total. The normalized spacial score (nSPS) is 19.0. The highest BCUT2D eigenvalue weighted by Crippen LogP contribution is 2.18. The Kier molecular flexibility index (Phi) is 4.16. The Hall–Kier alpha value is -1.78. The van der Waals surface area contributed by atoms with Gasteiger partial charge in [0.05, 0.1) is 0 Å². The van der Waals surface area contributed by atoms with Gasteiger partial charge in [-0.05, 0) is 51.8 Å². The fourth-order valence-electron chi connectivity index (χ4n) is 2.19. The number of likely N-dealkylation sites (tertiary alicyclic amines) is 1. The Balaban J connectivity index is 1.88. The van der Waals surface area contributed by atoms with Crippen LogP contribution >= 0.6 is 0 Å². The van der Waals surface area contributed by atoms with Gasteiger partial charge in [-0.3, -0.25) is 0 Å². The van der Waals surface area contributed by atoms with Gasteiger partial charge in [0, 0.05) is 25.3 Å². The van der Waals surface area contributed by atoms with Crippen molar-refractivity contribution in [2.45, 2.75) is 45.8 Å². The molecule has 1 aromatic rings. The standard InChI is InChI=1S/C15H23N3O2/c1-11-5-7-16-13(9-11)17-12-6-8-18(10-12)14(19)20-15(2,3)4/h5,7,9,12H,6,8,10H2,1-4H3,(H,16,17)/t12-/m1/s1. The molecule has 1 atom stereocenters. The van der Waals surface area contributed by atoms with Gasteiger partial charge in [-0.25, -0.2) is 9.78 Å². The maximum absolute atomic E-state index is 12.0. The summed E-state index contributed by atoms with van der Waals surface area (Å²) < 4.78 is 5.38. The van der Waals surface area contributed by atoms with Gasteiger partial charge in [0.15, 0.2) is 0 Å². The predicted molar refractivity (Wildman–Crippen MR) is 78.8 cm³/mol. The van der Waals surface area contributed by atoms with Gasteiger partial charge < -0.3 is 15.0 Å². The van der Waals surface area contributed by atoms with E-state index in [9.17, 15) is 4.79 Å². The van der Waals surface area contributed by atoms with Crippen LogP contribution in [0.4, 0.5) is 10.6 Å². The average molecular weight is 277 g/mol. The first kappa shape index (κ1) is 14.6. The number of rotatable bonds is 2. The van der Waals surface area contributed by atoms with Crippen LogP contribution in [0.5, 0.6) is 0 Å². The molecule has 0 radical (unpaired) electrons. The maximum Gasteiger partial charge on any atom is 0.410 e. The third-order valence-corrected chi connectivity index (χ3v) is 3.11. The number of aryl methyl sites for hydroxylation is 1. The molecule has 0 aromatic carbocycles. The Morgan fingerprint density at radius 2 is 2.25 bits per heavy atom. The van der Waals surface area contributed by atoms with Crippen molar-refractivity contribution in [3.63, 3.8) is 0 Å². The quantitative estimate of drug-likeness (QED) is 0.903. The van der Waals surface area contributed by atoms with Crippen LogP contribution in [0, 0.1) is 6.92 Å². The van der Waals surface area contributed by atoms with Crippen LogP contribution in [-0.4, -0.2) is 40.7 Å². The summed E-state index contributed by atoms with van der Waals surface area (Å²) in [7, 11) is 0. The summed E-state index contributed by atoms with van der Waals surface area (Å²) in [4.78, 5) is 18.0. The molecular weight excluding hydrogens is 254 g/mol. The molecule has 2 heterocycles. The summed E-state index contributed by atoms with van der Waals surface area (Å²) in [6, 6.07) is 4.21. The highest BCUT2D eigenvalue weighted by molar-refractivity contribution is 5.68. The zero-order chi connectivity index (χ0) is 14.8. The van der Waals surface area contributed by atoms with E-state index in [2.05, 4.69) is 10.3 Å². The van der Waals surface area contributed by atoms with Crippen molar-refractivity contribution in [3.8, 4) is 0 Å². The molecule has 1 fully saturated rings. The van der Waals surface area contributed by atoms with E-state index in [-0.39, 0.29) is 12.1 Å². The van der Waals surface area contributed by atoms with E-state index in [1.807, 2.05) is 39.8 Å². The number of carbonyl (C=O) groups excluding carboxylic acids is 1. The second kappa shape index (κ2) is 5.69. The van der Waals surface area contributed by atoms with Crippen LogP contribution in [0.15, 0.2) is 18.3 Å². The summed E-state index contributed by atoms with van der Waals surface area (Å²) in [6.07, 6.45) is 2.46. The summed E-state index contributed by atoms with van der Waals surface area (Å²) in [6.45, 7) is 9.06. The summed E-state index contributed by atoms with van der Waals surface area (Å²) in [5, 5.41) is 3.37. The van der Waals surface area contributed by atoms with Crippen LogP contribution < -0.4 is 5.32 Å². The molecule has 2 rings (SSSR count). The molecule has 110 valence electrons. The average Bonchev–Trinajstić information content (AvgIpc) is 2.75. The number of nitrogens with zero attached hydrogens (tertiary/aromatic N) is 2. The number of aromatic nitrogens is 1. The van der Waals surface area contributed by atoms with Crippen molar-refractivity contribution in [2.75, 3.05) is 18.4 Å². The first-order valence-corrected chi connectivity index (χ1v) is 7.00. The van der Waals surface area contributed by atoms with Gasteiger partial charge in [-0.15, -0.1) is 0 Å². The minimum absolute atomic E-state index is 0.233. The van der Waals surface area contributed by atoms with Crippen molar-refractivity contribution < 1.29 is 9.53 Å². The van der Waals surface area contributed by atoms with Gasteiger partial charge in [0.1, 0.15) is 11.4 Å². The number of amides is 1. The molecule has 0 unspecified atom stereocenters. The van der Waals surface area contributed by atoms with Gasteiger partial charge in [-0.2, -0.15) is 0 Å². The predicted octanol–water partition coefficient (Wildman–Crippen LogP) is 2.81. The van der Waals surface area contributed by atoms with E-state index >= 15 is 0 Å². The van der Waals surface area contributed by atoms with E-state index in [0.29, 0.717) is 6.54 Å². The smallest absolute Gasteiger partial charge is 0.410 e. The zero-order valence-corrected chi connectivity index (χ0v) is 12.6. The van der Waals surface area contributed by atoms with E-state index in [0.717, 1.165) is 18.8 Å². The molecule has 0 bridgehead atoms. The Bertz CT molecular complexity index is 482. The van der Waals surface area contributed by atoms with Crippen molar-refractivity contribution in [1.29, 1.82) is 0 Å². The molecule has 1 amide bonds. The number of pyridine rings is 1. The fraction of sp³-hybridized carbons (Fsp3) is 0.600. The fourth-order valence-corrected chi connectivity index (χ4v) is 2.19. The molecule has 1 aliphatic heterocycles. The monoisotopic (exact) mass is 277 g/mol. The molecule has 0 saturated carbocycles.